The van der Waals surface area contributed by atoms with Crippen molar-refractivity contribution >= 4 is 28.6 Å². The van der Waals surface area contributed by atoms with Crippen molar-refractivity contribution in [3.8, 4) is 22.9 Å². The second-order valence-corrected chi connectivity index (χ2v) is 8.88. The van der Waals surface area contributed by atoms with Crippen LogP contribution >= 0.6 is 11.6 Å². The Morgan fingerprint density at radius 1 is 1.08 bits per heavy atom. The second-order valence-electron chi connectivity index (χ2n) is 8.47. The van der Waals surface area contributed by atoms with Gasteiger partial charge in [-0.2, -0.15) is 18.4 Å². The van der Waals surface area contributed by atoms with Gasteiger partial charge in [-0.05, 0) is 61.9 Å². The van der Waals surface area contributed by atoms with E-state index in [0.29, 0.717) is 46.7 Å². The van der Waals surface area contributed by atoms with Gasteiger partial charge in [0, 0.05) is 41.3 Å². The molecule has 0 radical (unpaired) electrons. The van der Waals surface area contributed by atoms with E-state index < -0.39 is 28.7 Å². The van der Waals surface area contributed by atoms with Crippen LogP contribution in [0.25, 0.3) is 22.0 Å². The van der Waals surface area contributed by atoms with Gasteiger partial charge in [-0.3, -0.25) is 0 Å². The van der Waals surface area contributed by atoms with Gasteiger partial charge in [0.2, 0.25) is 0 Å². The molecule has 3 aromatic carbocycles. The lowest BCUT2D eigenvalue weighted by atomic mass is 9.99. The first-order chi connectivity index (χ1) is 18.1. The molecule has 0 spiro atoms. The summed E-state index contributed by atoms with van der Waals surface area (Å²) < 4.78 is 62.0. The van der Waals surface area contributed by atoms with Gasteiger partial charge in [0.05, 0.1) is 28.8 Å². The molecule has 0 atom stereocenters. The molecule has 0 fully saturated rings. The molecule has 1 amide bonds. The summed E-state index contributed by atoms with van der Waals surface area (Å²) in [5.41, 5.74) is 0.951. The zero-order valence-electron chi connectivity index (χ0n) is 20.4. The van der Waals surface area contributed by atoms with Gasteiger partial charge < -0.3 is 14.2 Å². The highest BCUT2D eigenvalue weighted by molar-refractivity contribution is 6.30. The Balaban J connectivity index is 1.84. The van der Waals surface area contributed by atoms with E-state index >= 15 is 0 Å². The molecule has 4 aromatic rings. The average Bonchev–Trinajstić information content (AvgIpc) is 3.29. The van der Waals surface area contributed by atoms with Crippen LogP contribution < -0.4 is 4.74 Å². The van der Waals surface area contributed by atoms with E-state index in [1.807, 2.05) is 13.8 Å². The topological polar surface area (TPSA) is 58.3 Å². The average molecular weight is 544 g/mol. The Morgan fingerprint density at radius 2 is 1.76 bits per heavy atom. The number of benzene rings is 3. The minimum atomic E-state index is -4.68. The van der Waals surface area contributed by atoms with Crippen LogP contribution in [0.3, 0.4) is 0 Å². The standard InChI is InChI=1S/C28H22ClF4N3O2/c1-3-35(4-2)27(37)38-24-10-9-23-21(25(24)18-7-5-17(15-34)6-8-18)11-12-36(23)16-19-13-20(28(31,32)33)14-22(29)26(19)30/h5-14H,3-4,16H2,1-2H3. The molecule has 0 N–H and O–H groups in total. The monoisotopic (exact) mass is 543 g/mol. The molecule has 0 saturated heterocycles. The van der Waals surface area contributed by atoms with Crippen LogP contribution in [0.5, 0.6) is 5.75 Å². The molecule has 1 heterocycles. The third-order valence-electron chi connectivity index (χ3n) is 6.21. The van der Waals surface area contributed by atoms with Crippen LogP contribution in [0.15, 0.2) is 60.8 Å². The first kappa shape index (κ1) is 27.0. The van der Waals surface area contributed by atoms with E-state index in [4.69, 9.17) is 16.3 Å². The molecule has 0 aliphatic heterocycles. The number of nitrogens with zero attached hydrogens (tertiary/aromatic N) is 3. The van der Waals surface area contributed by atoms with Crippen LogP contribution in [0.1, 0.15) is 30.5 Å². The van der Waals surface area contributed by atoms with Gasteiger partial charge in [-0.1, -0.05) is 23.7 Å². The molecule has 196 valence electrons. The fraction of sp³-hybridized carbons (Fsp3) is 0.214. The van der Waals surface area contributed by atoms with Crippen molar-refractivity contribution in [3.63, 3.8) is 0 Å². The molecule has 1 aromatic heterocycles. The Hall–Kier alpha value is -4.03. The first-order valence-electron chi connectivity index (χ1n) is 11.7. The summed E-state index contributed by atoms with van der Waals surface area (Å²) in [5, 5.41) is 9.18. The molecular weight excluding hydrogens is 522 g/mol. The third-order valence-corrected chi connectivity index (χ3v) is 6.48. The zero-order chi connectivity index (χ0) is 27.6. The number of nitriles is 1. The number of fused-ring (bicyclic) bond motifs is 1. The summed E-state index contributed by atoms with van der Waals surface area (Å²) in [4.78, 5) is 14.2. The van der Waals surface area contributed by atoms with Gasteiger partial charge >= 0.3 is 12.3 Å². The Morgan fingerprint density at radius 3 is 2.37 bits per heavy atom. The molecule has 38 heavy (non-hydrogen) atoms. The quantitative estimate of drug-likeness (QED) is 0.232. The number of hydrogen-bond acceptors (Lipinski definition) is 3. The maximum absolute atomic E-state index is 14.7. The summed E-state index contributed by atoms with van der Waals surface area (Å²) in [5.74, 6) is -0.663. The van der Waals surface area contributed by atoms with Crippen molar-refractivity contribution < 1.29 is 27.1 Å². The van der Waals surface area contributed by atoms with Crippen molar-refractivity contribution in [1.82, 2.24) is 9.47 Å². The molecule has 0 saturated carbocycles. The van der Waals surface area contributed by atoms with Crippen LogP contribution in [-0.2, 0) is 12.7 Å². The Bertz CT molecular complexity index is 1540. The van der Waals surface area contributed by atoms with Crippen LogP contribution in [0, 0.1) is 17.1 Å². The molecular formula is C28H22ClF4N3O2. The number of amides is 1. The number of carbonyl (C=O) groups is 1. The molecule has 10 heteroatoms. The summed E-state index contributed by atoms with van der Waals surface area (Å²) >= 11 is 5.77. The number of alkyl halides is 3. The largest absolute Gasteiger partial charge is 0.416 e. The summed E-state index contributed by atoms with van der Waals surface area (Å²) in [6.45, 7) is 4.34. The summed E-state index contributed by atoms with van der Waals surface area (Å²) in [7, 11) is 0. The normalized spacial score (nSPS) is 11.4. The maximum atomic E-state index is 14.7. The van der Waals surface area contributed by atoms with E-state index in [1.165, 1.54) is 4.90 Å². The van der Waals surface area contributed by atoms with Crippen LogP contribution in [0.4, 0.5) is 22.4 Å². The van der Waals surface area contributed by atoms with Gasteiger partial charge in [-0.25, -0.2) is 9.18 Å². The highest BCUT2D eigenvalue weighted by atomic mass is 35.5. The van der Waals surface area contributed by atoms with Gasteiger partial charge in [-0.15, -0.1) is 0 Å². The van der Waals surface area contributed by atoms with E-state index in [9.17, 15) is 27.6 Å². The third kappa shape index (κ3) is 5.31. The van der Waals surface area contributed by atoms with Crippen molar-refractivity contribution in [2.24, 2.45) is 0 Å². The molecule has 0 aliphatic carbocycles. The zero-order valence-corrected chi connectivity index (χ0v) is 21.2. The van der Waals surface area contributed by atoms with Crippen molar-refractivity contribution in [2.75, 3.05) is 13.1 Å². The molecule has 0 aliphatic rings. The SMILES string of the molecule is CCN(CC)C(=O)Oc1ccc2c(ccn2Cc2cc(C(F)(F)F)cc(Cl)c2F)c1-c1ccc(C#N)cc1. The Labute approximate surface area is 221 Å². The summed E-state index contributed by atoms with van der Waals surface area (Å²) in [6.07, 6.45) is -3.61. The number of carbonyl (C=O) groups excluding carboxylic acids is 1. The molecule has 4 rings (SSSR count). The van der Waals surface area contributed by atoms with Crippen LogP contribution in [-0.4, -0.2) is 28.6 Å². The van der Waals surface area contributed by atoms with E-state index in [1.54, 1.807) is 53.2 Å². The predicted molar refractivity (Wildman–Crippen MR) is 137 cm³/mol. The fourth-order valence-corrected chi connectivity index (χ4v) is 4.47. The fourth-order valence-electron chi connectivity index (χ4n) is 4.23. The minimum absolute atomic E-state index is 0.218. The molecule has 0 unspecified atom stereocenters. The molecule has 5 nitrogen and oxygen atoms in total. The lowest BCUT2D eigenvalue weighted by Gasteiger charge is -2.20. The van der Waals surface area contributed by atoms with Crippen LogP contribution in [0.2, 0.25) is 5.02 Å². The number of aromatic nitrogens is 1. The van der Waals surface area contributed by atoms with E-state index in [2.05, 4.69) is 6.07 Å². The first-order valence-corrected chi connectivity index (χ1v) is 12.1. The van der Waals surface area contributed by atoms with Gasteiger partial charge in [0.15, 0.2) is 0 Å². The van der Waals surface area contributed by atoms with Gasteiger partial charge in [0.25, 0.3) is 0 Å². The Kier molecular flexibility index (Phi) is 7.65. The van der Waals surface area contributed by atoms with E-state index in [0.717, 1.165) is 6.07 Å². The number of hydrogen-bond donors (Lipinski definition) is 0. The lowest BCUT2D eigenvalue weighted by Crippen LogP contribution is -2.33. The highest BCUT2D eigenvalue weighted by Crippen LogP contribution is 2.39. The summed E-state index contributed by atoms with van der Waals surface area (Å²) in [6, 6.07) is 15.0. The maximum Gasteiger partial charge on any atom is 0.416 e. The van der Waals surface area contributed by atoms with E-state index in [-0.39, 0.29) is 17.9 Å². The molecule has 0 bridgehead atoms. The highest BCUT2D eigenvalue weighted by Gasteiger charge is 2.32. The second kappa shape index (κ2) is 10.8. The van der Waals surface area contributed by atoms with Crippen molar-refractivity contribution in [3.05, 3.63) is 88.3 Å². The van der Waals surface area contributed by atoms with Crippen molar-refractivity contribution in [1.29, 1.82) is 5.26 Å². The minimum Gasteiger partial charge on any atom is -0.410 e. The number of rotatable bonds is 6. The van der Waals surface area contributed by atoms with Crippen molar-refractivity contribution in [2.45, 2.75) is 26.6 Å². The van der Waals surface area contributed by atoms with Gasteiger partial charge in [0.1, 0.15) is 11.6 Å². The lowest BCUT2D eigenvalue weighted by molar-refractivity contribution is -0.137. The number of halogens is 5. The smallest absolute Gasteiger partial charge is 0.410 e. The number of ether oxygens (including phenoxy) is 1. The predicted octanol–water partition coefficient (Wildman–Crippen LogP) is 7.88.